The van der Waals surface area contributed by atoms with Crippen molar-refractivity contribution in [3.05, 3.63) is 42.2 Å². The normalized spacial score (nSPS) is 23.2. The Kier molecular flexibility index (Phi) is 5.33. The number of aromatic nitrogens is 2. The number of nitrogens with zero attached hydrogens (tertiary/aromatic N) is 5. The first kappa shape index (κ1) is 21.1. The third-order valence-electron chi connectivity index (χ3n) is 6.76. The monoisotopic (exact) mass is 422 g/mol. The minimum Gasteiger partial charge on any atom is -0.369 e. The molecule has 4 rings (SSSR count). The highest BCUT2D eigenvalue weighted by Crippen LogP contribution is 2.37. The van der Waals surface area contributed by atoms with Gasteiger partial charge in [0.05, 0.1) is 6.20 Å². The number of carbonyl (C=O) groups excluding carboxylic acids is 2. The fourth-order valence-electron chi connectivity index (χ4n) is 4.73. The Labute approximate surface area is 182 Å². The van der Waals surface area contributed by atoms with Crippen molar-refractivity contribution < 1.29 is 9.59 Å². The molecule has 31 heavy (non-hydrogen) atoms. The highest BCUT2D eigenvalue weighted by atomic mass is 16.2. The lowest BCUT2D eigenvalue weighted by Crippen LogP contribution is -2.51. The van der Waals surface area contributed by atoms with E-state index < -0.39 is 5.54 Å². The Bertz CT molecular complexity index is 1040. The van der Waals surface area contributed by atoms with Gasteiger partial charge in [0, 0.05) is 44.9 Å². The summed E-state index contributed by atoms with van der Waals surface area (Å²) in [6, 6.07) is 7.78. The zero-order valence-corrected chi connectivity index (χ0v) is 18.6. The molecule has 8 nitrogen and oxygen atoms in total. The predicted molar refractivity (Wildman–Crippen MR) is 119 cm³/mol. The van der Waals surface area contributed by atoms with Crippen molar-refractivity contribution in [1.29, 1.82) is 0 Å². The number of guanidine groups is 1. The van der Waals surface area contributed by atoms with Gasteiger partial charge in [-0.2, -0.15) is 5.10 Å². The molecule has 8 heteroatoms. The van der Waals surface area contributed by atoms with Crippen LogP contribution in [0, 0.1) is 5.92 Å². The van der Waals surface area contributed by atoms with Crippen LogP contribution in [-0.4, -0.2) is 56.5 Å². The van der Waals surface area contributed by atoms with Crippen LogP contribution >= 0.6 is 0 Å². The van der Waals surface area contributed by atoms with Gasteiger partial charge in [-0.3, -0.25) is 19.2 Å². The zero-order chi connectivity index (χ0) is 22.3. The number of carbonyl (C=O) groups is 2. The minimum atomic E-state index is -1.06. The molecule has 164 valence electrons. The molecule has 0 saturated carbocycles. The molecule has 3 heterocycles. The summed E-state index contributed by atoms with van der Waals surface area (Å²) >= 11 is 0. The molecule has 0 radical (unpaired) electrons. The van der Waals surface area contributed by atoms with Crippen molar-refractivity contribution in [3.63, 3.8) is 0 Å². The van der Waals surface area contributed by atoms with Crippen LogP contribution in [-0.2, 0) is 22.2 Å². The summed E-state index contributed by atoms with van der Waals surface area (Å²) < 4.78 is 1.75. The first-order chi connectivity index (χ1) is 14.7. The van der Waals surface area contributed by atoms with E-state index in [9.17, 15) is 9.59 Å². The zero-order valence-electron chi connectivity index (χ0n) is 18.6. The van der Waals surface area contributed by atoms with Crippen molar-refractivity contribution in [3.8, 4) is 11.1 Å². The van der Waals surface area contributed by atoms with E-state index in [4.69, 9.17) is 5.73 Å². The van der Waals surface area contributed by atoms with Gasteiger partial charge in [0.1, 0.15) is 0 Å². The molecular weight excluding hydrogens is 392 g/mol. The lowest BCUT2D eigenvalue weighted by atomic mass is 9.87. The van der Waals surface area contributed by atoms with Gasteiger partial charge in [0.2, 0.25) is 5.91 Å². The quantitative estimate of drug-likeness (QED) is 0.816. The molecule has 2 N–H and O–H groups in total. The van der Waals surface area contributed by atoms with Crippen molar-refractivity contribution in [2.24, 2.45) is 23.7 Å². The summed E-state index contributed by atoms with van der Waals surface area (Å²) in [4.78, 5) is 33.4. The number of piperidine rings is 1. The Morgan fingerprint density at radius 1 is 1.26 bits per heavy atom. The maximum atomic E-state index is 13.6. The Hall–Kier alpha value is -3.16. The van der Waals surface area contributed by atoms with Gasteiger partial charge in [-0.1, -0.05) is 18.2 Å². The number of aryl methyl sites for hydroxylation is 1. The van der Waals surface area contributed by atoms with Crippen LogP contribution in [0.2, 0.25) is 0 Å². The highest BCUT2D eigenvalue weighted by Gasteiger charge is 2.48. The maximum Gasteiger partial charge on any atom is 0.261 e. The minimum absolute atomic E-state index is 0.0753. The molecule has 2 amide bonds. The Balaban J connectivity index is 1.56. The molecule has 1 aromatic heterocycles. The van der Waals surface area contributed by atoms with Crippen molar-refractivity contribution >= 4 is 17.8 Å². The largest absolute Gasteiger partial charge is 0.369 e. The average Bonchev–Trinajstić information content (AvgIpc) is 3.29. The highest BCUT2D eigenvalue weighted by molar-refractivity contribution is 6.07. The van der Waals surface area contributed by atoms with Crippen LogP contribution in [0.15, 0.2) is 41.7 Å². The second-order valence-electron chi connectivity index (χ2n) is 8.78. The second kappa shape index (κ2) is 7.83. The molecular formula is C23H30N6O2. The van der Waals surface area contributed by atoms with E-state index >= 15 is 0 Å². The van der Waals surface area contributed by atoms with Crippen molar-refractivity contribution in [1.82, 2.24) is 19.6 Å². The smallest absolute Gasteiger partial charge is 0.261 e. The third kappa shape index (κ3) is 3.71. The number of nitrogens with two attached hydrogens (primary N) is 1. The summed E-state index contributed by atoms with van der Waals surface area (Å²) in [6.45, 7) is 6.90. The van der Waals surface area contributed by atoms with E-state index in [1.807, 2.05) is 56.3 Å². The number of hydrogen-bond acceptors (Lipinski definition) is 5. The van der Waals surface area contributed by atoms with Crippen LogP contribution < -0.4 is 5.73 Å². The van der Waals surface area contributed by atoms with Gasteiger partial charge in [-0.15, -0.1) is 0 Å². The molecule has 1 fully saturated rings. The fourth-order valence-corrected chi connectivity index (χ4v) is 4.73. The van der Waals surface area contributed by atoms with Gasteiger partial charge in [0.15, 0.2) is 11.5 Å². The summed E-state index contributed by atoms with van der Waals surface area (Å²) in [5.74, 6) is 0.540. The van der Waals surface area contributed by atoms with Crippen molar-refractivity contribution in [2.45, 2.75) is 45.2 Å². The average molecular weight is 423 g/mol. The predicted octanol–water partition coefficient (Wildman–Crippen LogP) is 2.11. The molecule has 0 spiro atoms. The fraction of sp³-hybridized carbons (Fsp3) is 0.478. The molecule has 2 atom stereocenters. The van der Waals surface area contributed by atoms with E-state index in [2.05, 4.69) is 10.1 Å². The standard InChI is InChI=1S/C23H30N6O2/c1-15(17-8-10-28(11-9-17)16(2)30)29-21(31)23(3,26-22(29)24)20-7-5-6-18(12-20)19-13-25-27(4)14-19/h5-7,12-15,17H,8-11H2,1-4H3,(H2,24,26). The number of aliphatic imine (C=N–C) groups is 1. The number of rotatable bonds is 4. The van der Waals surface area contributed by atoms with Gasteiger partial charge >= 0.3 is 0 Å². The molecule has 1 saturated heterocycles. The first-order valence-corrected chi connectivity index (χ1v) is 10.7. The molecule has 2 aliphatic heterocycles. The van der Waals surface area contributed by atoms with Crippen LogP contribution in [0.25, 0.3) is 11.1 Å². The van der Waals surface area contributed by atoms with Crippen molar-refractivity contribution in [2.75, 3.05) is 13.1 Å². The molecule has 2 unspecified atom stereocenters. The Morgan fingerprint density at radius 3 is 2.58 bits per heavy atom. The SMILES string of the molecule is CC(=O)N1CCC(C(C)N2C(=O)C(C)(c3cccc(-c4cnn(C)c4)c3)N=C2N)CC1. The molecule has 0 aliphatic carbocycles. The number of benzene rings is 1. The second-order valence-corrected chi connectivity index (χ2v) is 8.78. The topological polar surface area (TPSA) is 96.8 Å². The lowest BCUT2D eigenvalue weighted by molar-refractivity contribution is -0.135. The van der Waals surface area contributed by atoms with Crippen LogP contribution in [0.3, 0.4) is 0 Å². The van der Waals surface area contributed by atoms with Crippen LogP contribution in [0.1, 0.15) is 39.2 Å². The number of likely N-dealkylation sites (tertiary alicyclic amines) is 1. The Morgan fingerprint density at radius 2 is 1.97 bits per heavy atom. The summed E-state index contributed by atoms with van der Waals surface area (Å²) in [6.07, 6.45) is 5.45. The summed E-state index contributed by atoms with van der Waals surface area (Å²) in [5, 5.41) is 4.24. The number of amides is 2. The van der Waals surface area contributed by atoms with Crippen LogP contribution in [0.4, 0.5) is 0 Å². The van der Waals surface area contributed by atoms with E-state index in [-0.39, 0.29) is 29.7 Å². The van der Waals surface area contributed by atoms with Crippen LogP contribution in [0.5, 0.6) is 0 Å². The van der Waals surface area contributed by atoms with Gasteiger partial charge < -0.3 is 10.6 Å². The van der Waals surface area contributed by atoms with E-state index in [1.165, 1.54) is 0 Å². The molecule has 2 aliphatic rings. The summed E-state index contributed by atoms with van der Waals surface area (Å²) in [7, 11) is 1.88. The molecule has 0 bridgehead atoms. The maximum absolute atomic E-state index is 13.6. The first-order valence-electron chi connectivity index (χ1n) is 10.7. The van der Waals surface area contributed by atoms with E-state index in [0.29, 0.717) is 13.1 Å². The molecule has 2 aromatic rings. The van der Waals surface area contributed by atoms with E-state index in [1.54, 1.807) is 22.7 Å². The number of hydrogen-bond donors (Lipinski definition) is 1. The summed E-state index contributed by atoms with van der Waals surface area (Å²) in [5.41, 5.74) is 8.01. The van der Waals surface area contributed by atoms with Gasteiger partial charge in [-0.05, 0) is 49.8 Å². The van der Waals surface area contributed by atoms with E-state index in [0.717, 1.165) is 29.5 Å². The third-order valence-corrected chi connectivity index (χ3v) is 6.76. The molecule has 1 aromatic carbocycles. The lowest BCUT2D eigenvalue weighted by Gasteiger charge is -2.38. The van der Waals surface area contributed by atoms with Gasteiger partial charge in [-0.25, -0.2) is 4.99 Å². The van der Waals surface area contributed by atoms with Gasteiger partial charge in [0.25, 0.3) is 5.91 Å².